The number of rotatable bonds is 7. The van der Waals surface area contributed by atoms with E-state index in [1.54, 1.807) is 43.3 Å². The van der Waals surface area contributed by atoms with Crippen molar-refractivity contribution in [3.63, 3.8) is 0 Å². The van der Waals surface area contributed by atoms with Gasteiger partial charge in [0.2, 0.25) is 0 Å². The van der Waals surface area contributed by atoms with Crippen LogP contribution in [-0.4, -0.2) is 19.1 Å². The van der Waals surface area contributed by atoms with E-state index in [2.05, 4.69) is 15.2 Å². The molecule has 0 unspecified atom stereocenters. The Labute approximate surface area is 189 Å². The summed E-state index contributed by atoms with van der Waals surface area (Å²) in [5.74, 6) is 0. The number of hydrazone groups is 1. The van der Waals surface area contributed by atoms with Crippen LogP contribution in [0, 0.1) is 21.4 Å². The van der Waals surface area contributed by atoms with Crippen LogP contribution in [0.5, 0.6) is 0 Å². The maximum atomic E-state index is 13.0. The fourth-order valence-electron chi connectivity index (χ4n) is 2.68. The molecular weight excluding hydrogens is 454 g/mol. The van der Waals surface area contributed by atoms with Gasteiger partial charge < -0.3 is 0 Å². The number of nitrogens with one attached hydrogen (secondary N) is 2. The number of halogens is 1. The molecule has 0 amide bonds. The quantitative estimate of drug-likeness (QED) is 0.290. The molecule has 0 atom stereocenters. The van der Waals surface area contributed by atoms with Crippen molar-refractivity contribution in [2.24, 2.45) is 5.10 Å². The Morgan fingerprint density at radius 3 is 2.41 bits per heavy atom. The molecule has 0 saturated heterocycles. The monoisotopic (exact) mass is 469 g/mol. The summed E-state index contributed by atoms with van der Waals surface area (Å²) in [6.45, 7) is 1.69. The van der Waals surface area contributed by atoms with Gasteiger partial charge in [-0.25, -0.2) is 8.42 Å². The number of hydrogen-bond acceptors (Lipinski definition) is 7. The number of para-hydroxylation sites is 1. The summed E-state index contributed by atoms with van der Waals surface area (Å²) in [4.78, 5) is 10.1. The summed E-state index contributed by atoms with van der Waals surface area (Å²) in [5.41, 5.74) is 4.12. The van der Waals surface area contributed by atoms with Gasteiger partial charge in [-0.3, -0.25) is 20.3 Å². The van der Waals surface area contributed by atoms with Crippen molar-refractivity contribution in [3.8, 4) is 6.07 Å². The van der Waals surface area contributed by atoms with Crippen LogP contribution in [0.4, 0.5) is 17.1 Å². The molecule has 3 rings (SSSR count). The molecule has 3 aromatic rings. The maximum Gasteiger partial charge on any atom is 0.270 e. The van der Waals surface area contributed by atoms with E-state index >= 15 is 0 Å². The van der Waals surface area contributed by atoms with Gasteiger partial charge in [0.15, 0.2) is 0 Å². The van der Waals surface area contributed by atoms with E-state index in [0.717, 1.165) is 6.07 Å². The van der Waals surface area contributed by atoms with Crippen molar-refractivity contribution in [3.05, 3.63) is 93.0 Å². The van der Waals surface area contributed by atoms with Crippen LogP contribution in [0.2, 0.25) is 5.02 Å². The Morgan fingerprint density at radius 2 is 1.78 bits per heavy atom. The summed E-state index contributed by atoms with van der Waals surface area (Å²) in [6.07, 6.45) is 0. The van der Waals surface area contributed by atoms with E-state index < -0.39 is 20.6 Å². The Kier molecular flexibility index (Phi) is 6.73. The molecule has 0 aliphatic heterocycles. The Bertz CT molecular complexity index is 1350. The van der Waals surface area contributed by atoms with E-state index in [1.807, 2.05) is 6.07 Å². The lowest BCUT2D eigenvalue weighted by Crippen LogP contribution is -2.15. The molecule has 11 heteroatoms. The fourth-order valence-corrected chi connectivity index (χ4v) is 4.17. The second-order valence-electron chi connectivity index (χ2n) is 6.52. The van der Waals surface area contributed by atoms with E-state index in [0.29, 0.717) is 16.8 Å². The third-order valence-corrected chi connectivity index (χ3v) is 6.09. The molecule has 0 radical (unpaired) electrons. The normalized spacial score (nSPS) is 11.5. The third kappa shape index (κ3) is 5.21. The molecular formula is C21H16ClN5O4S. The van der Waals surface area contributed by atoms with Crippen molar-refractivity contribution in [1.82, 2.24) is 0 Å². The molecule has 0 spiro atoms. The molecule has 162 valence electrons. The summed E-state index contributed by atoms with van der Waals surface area (Å²) in [5, 5.41) is 24.5. The van der Waals surface area contributed by atoms with Crippen LogP contribution < -0.4 is 10.1 Å². The first-order valence-corrected chi connectivity index (χ1v) is 10.9. The number of nitro groups is 1. The molecule has 0 saturated carbocycles. The molecule has 0 aliphatic rings. The van der Waals surface area contributed by atoms with E-state index in [9.17, 15) is 18.5 Å². The molecule has 0 heterocycles. The molecule has 0 fully saturated rings. The zero-order valence-corrected chi connectivity index (χ0v) is 18.2. The number of nitrogens with zero attached hydrogens (tertiary/aromatic N) is 3. The number of nitriles is 1. The van der Waals surface area contributed by atoms with Crippen molar-refractivity contribution in [2.45, 2.75) is 11.8 Å². The highest BCUT2D eigenvalue weighted by atomic mass is 35.5. The van der Waals surface area contributed by atoms with Gasteiger partial charge in [0, 0.05) is 12.1 Å². The minimum Gasteiger partial charge on any atom is -0.278 e. The van der Waals surface area contributed by atoms with Gasteiger partial charge in [-0.05, 0) is 42.8 Å². The van der Waals surface area contributed by atoms with Crippen LogP contribution in [0.1, 0.15) is 18.1 Å². The summed E-state index contributed by atoms with van der Waals surface area (Å²) >= 11 is 6.04. The second kappa shape index (κ2) is 9.47. The van der Waals surface area contributed by atoms with Crippen molar-refractivity contribution in [2.75, 3.05) is 10.1 Å². The molecule has 2 N–H and O–H groups in total. The maximum absolute atomic E-state index is 13.0. The lowest BCUT2D eigenvalue weighted by molar-refractivity contribution is -0.385. The predicted molar refractivity (Wildman–Crippen MR) is 122 cm³/mol. The lowest BCUT2D eigenvalue weighted by Gasteiger charge is -2.13. The van der Waals surface area contributed by atoms with Crippen molar-refractivity contribution < 1.29 is 13.3 Å². The third-order valence-electron chi connectivity index (χ3n) is 4.36. The van der Waals surface area contributed by atoms with E-state index in [1.165, 1.54) is 24.3 Å². The van der Waals surface area contributed by atoms with E-state index in [4.69, 9.17) is 16.9 Å². The summed E-state index contributed by atoms with van der Waals surface area (Å²) in [6, 6.07) is 18.3. The van der Waals surface area contributed by atoms with Gasteiger partial charge in [0.25, 0.3) is 15.7 Å². The second-order valence-corrected chi connectivity index (χ2v) is 8.58. The number of benzene rings is 3. The molecule has 0 bridgehead atoms. The minimum absolute atomic E-state index is 0.0307. The van der Waals surface area contributed by atoms with Gasteiger partial charge in [-0.15, -0.1) is 0 Å². The highest BCUT2D eigenvalue weighted by Crippen LogP contribution is 2.30. The van der Waals surface area contributed by atoms with Crippen LogP contribution in [0.25, 0.3) is 0 Å². The molecule has 9 nitrogen and oxygen atoms in total. The zero-order chi connectivity index (χ0) is 23.3. The molecule has 32 heavy (non-hydrogen) atoms. The van der Waals surface area contributed by atoms with Crippen LogP contribution >= 0.6 is 11.6 Å². The molecule has 0 aliphatic carbocycles. The SMILES string of the molecule is C/C(=N/Nc1ccc([N+](=O)[O-])cc1S(=O)(=O)Nc1ccccc1Cl)c1ccc(C#N)cc1. The minimum atomic E-state index is -4.25. The summed E-state index contributed by atoms with van der Waals surface area (Å²) in [7, 11) is -4.25. The highest BCUT2D eigenvalue weighted by Gasteiger charge is 2.23. The van der Waals surface area contributed by atoms with Gasteiger partial charge in [0.05, 0.1) is 38.7 Å². The van der Waals surface area contributed by atoms with Gasteiger partial charge in [-0.1, -0.05) is 35.9 Å². The first-order valence-electron chi connectivity index (χ1n) is 9.08. The van der Waals surface area contributed by atoms with Crippen molar-refractivity contribution in [1.29, 1.82) is 5.26 Å². The van der Waals surface area contributed by atoms with Crippen LogP contribution in [0.15, 0.2) is 76.7 Å². The first-order chi connectivity index (χ1) is 15.2. The Morgan fingerprint density at radius 1 is 1.09 bits per heavy atom. The Hall–Kier alpha value is -3.94. The molecule has 3 aromatic carbocycles. The fraction of sp³-hybridized carbons (Fsp3) is 0.0476. The topological polar surface area (TPSA) is 137 Å². The summed E-state index contributed by atoms with van der Waals surface area (Å²) < 4.78 is 28.4. The van der Waals surface area contributed by atoms with Gasteiger partial charge >= 0.3 is 0 Å². The molecule has 0 aromatic heterocycles. The number of non-ortho nitro benzene ring substituents is 1. The zero-order valence-electron chi connectivity index (χ0n) is 16.6. The largest absolute Gasteiger partial charge is 0.278 e. The number of nitro benzene ring substituents is 1. The number of anilines is 2. The first kappa shape index (κ1) is 22.7. The average molecular weight is 470 g/mol. The highest BCUT2D eigenvalue weighted by molar-refractivity contribution is 7.93. The van der Waals surface area contributed by atoms with Crippen LogP contribution in [-0.2, 0) is 10.0 Å². The Balaban J connectivity index is 1.98. The van der Waals surface area contributed by atoms with Crippen molar-refractivity contribution >= 4 is 44.4 Å². The predicted octanol–water partition coefficient (Wildman–Crippen LogP) is 4.76. The van der Waals surface area contributed by atoms with Gasteiger partial charge in [0.1, 0.15) is 4.90 Å². The average Bonchev–Trinajstić information content (AvgIpc) is 2.78. The van der Waals surface area contributed by atoms with Gasteiger partial charge in [-0.2, -0.15) is 10.4 Å². The number of hydrogen-bond donors (Lipinski definition) is 2. The lowest BCUT2D eigenvalue weighted by atomic mass is 10.1. The van der Waals surface area contributed by atoms with E-state index in [-0.39, 0.29) is 21.3 Å². The standard InChI is InChI=1S/C21H16ClN5O4S/c1-14(16-8-6-15(13-23)7-9-16)24-25-20-11-10-17(27(28)29)12-21(20)32(30,31)26-19-5-3-2-4-18(19)22/h2-12,25-26H,1H3/b24-14-. The number of sulfonamides is 1. The van der Waals surface area contributed by atoms with Crippen LogP contribution in [0.3, 0.4) is 0 Å². The smallest absolute Gasteiger partial charge is 0.270 e.